The number of fused-ring (bicyclic) bond motifs is 1. The molecule has 4 rings (SSSR count). The maximum absolute atomic E-state index is 12.0. The molecular formula is C18H10BrNO2S. The van der Waals surface area contributed by atoms with Crippen molar-refractivity contribution < 1.29 is 9.53 Å². The molecule has 0 bridgehead atoms. The maximum atomic E-state index is 12.0. The summed E-state index contributed by atoms with van der Waals surface area (Å²) in [4.78, 5) is 17.3. The van der Waals surface area contributed by atoms with Crippen LogP contribution < -0.4 is 0 Å². The first-order chi connectivity index (χ1) is 11.2. The minimum absolute atomic E-state index is 0.322. The van der Waals surface area contributed by atoms with Gasteiger partial charge in [0.25, 0.3) is 0 Å². The molecule has 112 valence electrons. The van der Waals surface area contributed by atoms with E-state index < -0.39 is 5.97 Å². The average Bonchev–Trinajstić information content (AvgIpc) is 3.13. The third-order valence-corrected chi connectivity index (χ3v) is 5.12. The van der Waals surface area contributed by atoms with Crippen LogP contribution in [0.5, 0.6) is 0 Å². The zero-order chi connectivity index (χ0) is 15.8. The van der Waals surface area contributed by atoms with Crippen LogP contribution >= 0.6 is 27.3 Å². The highest BCUT2D eigenvalue weighted by Crippen LogP contribution is 2.26. The molecule has 3 nitrogen and oxygen atoms in total. The lowest BCUT2D eigenvalue weighted by Gasteiger charge is -2.02. The van der Waals surface area contributed by atoms with Crippen LogP contribution in [0.4, 0.5) is 0 Å². The van der Waals surface area contributed by atoms with Crippen LogP contribution in [0, 0.1) is 0 Å². The minimum Gasteiger partial charge on any atom is -0.402 e. The lowest BCUT2D eigenvalue weighted by atomic mass is 10.1. The molecule has 0 saturated heterocycles. The molecule has 2 aromatic carbocycles. The van der Waals surface area contributed by atoms with Gasteiger partial charge >= 0.3 is 5.97 Å². The predicted molar refractivity (Wildman–Crippen MR) is 96.6 cm³/mol. The van der Waals surface area contributed by atoms with Crippen molar-refractivity contribution in [1.82, 2.24) is 0 Å². The van der Waals surface area contributed by atoms with Crippen LogP contribution in [0.1, 0.15) is 10.4 Å². The van der Waals surface area contributed by atoms with Crippen LogP contribution in [0.3, 0.4) is 0 Å². The summed E-state index contributed by atoms with van der Waals surface area (Å²) in [5.41, 5.74) is 1.12. The molecule has 3 aromatic rings. The van der Waals surface area contributed by atoms with Gasteiger partial charge in [0.2, 0.25) is 5.90 Å². The number of hydrogen-bond acceptors (Lipinski definition) is 4. The van der Waals surface area contributed by atoms with Gasteiger partial charge in [-0.1, -0.05) is 30.3 Å². The molecule has 0 atom stereocenters. The van der Waals surface area contributed by atoms with Crippen molar-refractivity contribution in [3.63, 3.8) is 0 Å². The van der Waals surface area contributed by atoms with Gasteiger partial charge < -0.3 is 4.74 Å². The number of thiophene rings is 1. The highest BCUT2D eigenvalue weighted by Gasteiger charge is 2.24. The van der Waals surface area contributed by atoms with E-state index in [1.807, 2.05) is 53.9 Å². The Bertz CT molecular complexity index is 987. The molecule has 5 heteroatoms. The van der Waals surface area contributed by atoms with Crippen molar-refractivity contribution >= 4 is 56.0 Å². The Kier molecular flexibility index (Phi) is 3.59. The van der Waals surface area contributed by atoms with Gasteiger partial charge in [0.05, 0.1) is 0 Å². The fourth-order valence-electron chi connectivity index (χ4n) is 2.39. The van der Waals surface area contributed by atoms with Crippen molar-refractivity contribution in [2.45, 2.75) is 0 Å². The smallest absolute Gasteiger partial charge is 0.363 e. The van der Waals surface area contributed by atoms with E-state index in [0.717, 1.165) is 25.7 Å². The molecule has 0 radical (unpaired) electrons. The number of ether oxygens (including phenoxy) is 1. The number of nitrogens with zero attached hydrogens (tertiary/aromatic N) is 1. The highest BCUT2D eigenvalue weighted by atomic mass is 79.9. The molecule has 1 aliphatic heterocycles. The first kappa shape index (κ1) is 14.4. The van der Waals surface area contributed by atoms with Gasteiger partial charge in [-0.3, -0.25) is 0 Å². The summed E-state index contributed by atoms with van der Waals surface area (Å²) in [6.07, 6.45) is 1.74. The molecule has 2 heterocycles. The Balaban J connectivity index is 1.72. The van der Waals surface area contributed by atoms with Gasteiger partial charge in [0.1, 0.15) is 0 Å². The number of benzene rings is 2. The molecule has 0 aliphatic carbocycles. The fraction of sp³-hybridized carbons (Fsp3) is 0. The number of halogens is 1. The average molecular weight is 384 g/mol. The number of esters is 1. The Labute approximate surface area is 145 Å². The Hall–Kier alpha value is -2.24. The van der Waals surface area contributed by atoms with Gasteiger partial charge in [-0.15, -0.1) is 11.3 Å². The van der Waals surface area contributed by atoms with Crippen molar-refractivity contribution in [3.8, 4) is 0 Å². The van der Waals surface area contributed by atoms with Crippen molar-refractivity contribution in [2.75, 3.05) is 0 Å². The van der Waals surface area contributed by atoms with E-state index in [-0.39, 0.29) is 0 Å². The Morgan fingerprint density at radius 2 is 1.91 bits per heavy atom. The third-order valence-electron chi connectivity index (χ3n) is 3.48. The largest absolute Gasteiger partial charge is 0.402 e. The molecular weight excluding hydrogens is 374 g/mol. The van der Waals surface area contributed by atoms with Crippen molar-refractivity contribution in [2.24, 2.45) is 4.99 Å². The van der Waals surface area contributed by atoms with Crippen molar-refractivity contribution in [1.29, 1.82) is 0 Å². The number of cyclic esters (lactones) is 1. The summed E-state index contributed by atoms with van der Waals surface area (Å²) in [5, 5.41) is 4.18. The van der Waals surface area contributed by atoms with Crippen LogP contribution in [-0.4, -0.2) is 11.9 Å². The standard InChI is InChI=1S/C18H10BrNO2S/c19-14-8-15(23-10-14)9-16-18(21)22-17(20-16)13-6-5-11-3-1-2-4-12(11)7-13/h1-10H. The lowest BCUT2D eigenvalue weighted by Crippen LogP contribution is -2.05. The number of hydrogen-bond donors (Lipinski definition) is 0. The molecule has 1 aliphatic rings. The van der Waals surface area contributed by atoms with Crippen molar-refractivity contribution in [3.05, 3.63) is 74.5 Å². The van der Waals surface area contributed by atoms with Gasteiger partial charge in [-0.25, -0.2) is 9.79 Å². The lowest BCUT2D eigenvalue weighted by molar-refractivity contribution is -0.129. The molecule has 0 unspecified atom stereocenters. The third kappa shape index (κ3) is 2.85. The van der Waals surface area contributed by atoms with Crippen LogP contribution in [0.2, 0.25) is 0 Å². The first-order valence-corrected chi connectivity index (χ1v) is 8.62. The molecule has 23 heavy (non-hydrogen) atoms. The molecule has 0 amide bonds. The van der Waals surface area contributed by atoms with E-state index in [4.69, 9.17) is 4.74 Å². The van der Waals surface area contributed by atoms with E-state index >= 15 is 0 Å². The molecule has 0 fully saturated rings. The summed E-state index contributed by atoms with van der Waals surface area (Å²) < 4.78 is 6.31. The Morgan fingerprint density at radius 1 is 1.09 bits per heavy atom. The minimum atomic E-state index is -0.419. The van der Waals surface area contributed by atoms with E-state index in [2.05, 4.69) is 20.9 Å². The predicted octanol–water partition coefficient (Wildman–Crippen LogP) is 5.01. The van der Waals surface area contributed by atoms with E-state index in [1.54, 1.807) is 6.08 Å². The van der Waals surface area contributed by atoms with Crippen LogP contribution in [0.15, 0.2) is 69.1 Å². The number of carbonyl (C=O) groups is 1. The molecule has 0 N–H and O–H groups in total. The number of aliphatic imine (C=N–C) groups is 1. The zero-order valence-corrected chi connectivity index (χ0v) is 14.2. The van der Waals surface area contributed by atoms with Gasteiger partial charge in [0.15, 0.2) is 5.70 Å². The normalized spacial score (nSPS) is 16.0. The quantitative estimate of drug-likeness (QED) is 0.460. The summed E-state index contributed by atoms with van der Waals surface area (Å²) in [7, 11) is 0. The molecule has 0 saturated carbocycles. The monoisotopic (exact) mass is 383 g/mol. The second-order valence-electron chi connectivity index (χ2n) is 5.07. The summed E-state index contributed by atoms with van der Waals surface area (Å²) in [6, 6.07) is 15.9. The first-order valence-electron chi connectivity index (χ1n) is 6.95. The topological polar surface area (TPSA) is 38.7 Å². The van der Waals surface area contributed by atoms with E-state index in [0.29, 0.717) is 11.6 Å². The van der Waals surface area contributed by atoms with Gasteiger partial charge in [-0.05, 0) is 51.0 Å². The summed E-state index contributed by atoms with van der Waals surface area (Å²) in [6.45, 7) is 0. The Morgan fingerprint density at radius 3 is 2.70 bits per heavy atom. The van der Waals surface area contributed by atoms with E-state index in [9.17, 15) is 4.79 Å². The maximum Gasteiger partial charge on any atom is 0.363 e. The van der Waals surface area contributed by atoms with E-state index in [1.165, 1.54) is 11.3 Å². The fourth-order valence-corrected chi connectivity index (χ4v) is 3.76. The highest BCUT2D eigenvalue weighted by molar-refractivity contribution is 9.10. The molecule has 1 aromatic heterocycles. The summed E-state index contributed by atoms with van der Waals surface area (Å²) >= 11 is 4.93. The van der Waals surface area contributed by atoms with Crippen LogP contribution in [-0.2, 0) is 9.53 Å². The SMILES string of the molecule is O=C1OC(c2ccc3ccccc3c2)=NC1=Cc1cc(Br)cs1. The summed E-state index contributed by atoms with van der Waals surface area (Å²) in [5.74, 6) is -0.0692. The molecule has 0 spiro atoms. The second-order valence-corrected chi connectivity index (χ2v) is 6.92. The van der Waals surface area contributed by atoms with Gasteiger partial charge in [0, 0.05) is 20.3 Å². The second kappa shape index (κ2) is 5.76. The van der Waals surface area contributed by atoms with Crippen LogP contribution in [0.25, 0.3) is 16.8 Å². The van der Waals surface area contributed by atoms with Gasteiger partial charge in [-0.2, -0.15) is 0 Å². The number of rotatable bonds is 2. The number of carbonyl (C=O) groups excluding carboxylic acids is 1. The zero-order valence-electron chi connectivity index (χ0n) is 11.8.